The number of hydrogen-bond acceptors (Lipinski definition) is 9. The highest BCUT2D eigenvalue weighted by molar-refractivity contribution is 5.86. The fourth-order valence-corrected chi connectivity index (χ4v) is 7.76. The molecule has 0 radical (unpaired) electrons. The van der Waals surface area contributed by atoms with Gasteiger partial charge in [0.05, 0.1) is 31.3 Å². The van der Waals surface area contributed by atoms with Crippen molar-refractivity contribution in [1.29, 1.82) is 0 Å². The molecule has 7 rings (SSSR count). The number of methoxy groups -OCH3 is 1. The molecular formula is C34H58N6O6. The van der Waals surface area contributed by atoms with Crippen LogP contribution in [-0.2, 0) is 28.7 Å². The molecule has 3 saturated heterocycles. The summed E-state index contributed by atoms with van der Waals surface area (Å²) in [5.41, 5.74) is 0. The number of rotatable bonds is 10. The number of carbonyl (C=O) groups excluding carboxylic acids is 4. The average molecular weight is 647 g/mol. The van der Waals surface area contributed by atoms with E-state index in [4.69, 9.17) is 9.47 Å². The number of hydrogen-bond donors (Lipinski definition) is 3. The normalized spacial score (nSPS) is 35.9. The Balaban J connectivity index is 0.000000136. The molecule has 3 N–H and O–H groups in total. The highest BCUT2D eigenvalue weighted by Crippen LogP contribution is 2.47. The predicted octanol–water partition coefficient (Wildman–Crippen LogP) is 0.700. The van der Waals surface area contributed by atoms with E-state index in [2.05, 4.69) is 20.9 Å². The van der Waals surface area contributed by atoms with Crippen LogP contribution in [0.4, 0.5) is 0 Å². The lowest BCUT2D eigenvalue weighted by atomic mass is 10.1. The maximum absolute atomic E-state index is 12.1. The molecule has 4 saturated carbocycles. The number of likely N-dealkylation sites (tertiary alicyclic amines) is 3. The Labute approximate surface area is 275 Å². The third-order valence-electron chi connectivity index (χ3n) is 11.2. The summed E-state index contributed by atoms with van der Waals surface area (Å²) in [5, 5.41) is 9.34. The molecule has 12 heteroatoms. The summed E-state index contributed by atoms with van der Waals surface area (Å²) in [6.45, 7) is 6.29. The van der Waals surface area contributed by atoms with Crippen molar-refractivity contribution in [3.8, 4) is 0 Å². The number of nitrogens with one attached hydrogen (secondary N) is 3. The van der Waals surface area contributed by atoms with E-state index in [1.54, 1.807) is 26.0 Å². The van der Waals surface area contributed by atoms with Gasteiger partial charge >= 0.3 is 5.97 Å². The second kappa shape index (κ2) is 15.7. The van der Waals surface area contributed by atoms with E-state index < -0.39 is 0 Å². The lowest BCUT2D eigenvalue weighted by molar-refractivity contribution is -0.149. The molecule has 0 aromatic rings. The lowest BCUT2D eigenvalue weighted by Crippen LogP contribution is -2.46. The van der Waals surface area contributed by atoms with Crippen molar-refractivity contribution in [3.63, 3.8) is 0 Å². The first-order valence-corrected chi connectivity index (χ1v) is 17.7. The van der Waals surface area contributed by atoms with Gasteiger partial charge in [-0.3, -0.25) is 19.2 Å². The van der Waals surface area contributed by atoms with Crippen LogP contribution in [0.3, 0.4) is 0 Å². The van der Waals surface area contributed by atoms with E-state index in [9.17, 15) is 19.2 Å². The van der Waals surface area contributed by atoms with E-state index in [1.165, 1.54) is 32.1 Å². The van der Waals surface area contributed by atoms with Crippen LogP contribution < -0.4 is 16.0 Å². The average Bonchev–Trinajstić information content (AvgIpc) is 3.83. The second-order valence-corrected chi connectivity index (χ2v) is 14.5. The van der Waals surface area contributed by atoms with Gasteiger partial charge in [-0.15, -0.1) is 0 Å². The Morgan fingerprint density at radius 3 is 1.65 bits per heavy atom. The Kier molecular flexibility index (Phi) is 12.0. The molecule has 260 valence electrons. The van der Waals surface area contributed by atoms with Crippen LogP contribution in [-0.4, -0.2) is 137 Å². The van der Waals surface area contributed by atoms with E-state index in [0.717, 1.165) is 62.6 Å². The Bertz CT molecular complexity index is 1090. The quantitative estimate of drug-likeness (QED) is 0.294. The number of carbonyl (C=O) groups is 4. The molecule has 3 aliphatic heterocycles. The van der Waals surface area contributed by atoms with Crippen molar-refractivity contribution in [2.75, 3.05) is 74.2 Å². The summed E-state index contributed by atoms with van der Waals surface area (Å²) in [6, 6.07) is 0.590. The van der Waals surface area contributed by atoms with Gasteiger partial charge in [-0.2, -0.15) is 0 Å². The molecule has 3 heterocycles. The van der Waals surface area contributed by atoms with Crippen molar-refractivity contribution < 1.29 is 28.7 Å². The zero-order valence-electron chi connectivity index (χ0n) is 28.7. The highest BCUT2D eigenvalue weighted by atomic mass is 16.5. The molecule has 3 amide bonds. The standard InChI is InChI=1S/C12H20N2O3.C11H20N2O2.C11H18N2O/c1-3-17-11(15)7-14-6-9-4-8(9)5-10(13-2)12(14)16;1-12-10-6-8-5-9(8)7-13(11(10)14)3-4-15-2;1-12-10-5-7-4-8(7)6-13(11(10)14)9-2-3-9/h8-10,13H,3-7H2,1-2H3;8-10,12H,3-7H2,1-2H3;7-10,12H,2-6H2,1H3. The Hall–Kier alpha value is -2.28. The van der Waals surface area contributed by atoms with Crippen LogP contribution >= 0.6 is 0 Å². The first kappa shape index (κ1) is 35.0. The largest absolute Gasteiger partial charge is 0.465 e. The molecule has 0 spiro atoms. The molecule has 12 nitrogen and oxygen atoms in total. The van der Waals surface area contributed by atoms with Crippen molar-refractivity contribution in [2.45, 2.75) is 82.5 Å². The van der Waals surface area contributed by atoms with Gasteiger partial charge in [-0.25, -0.2) is 0 Å². The zero-order chi connectivity index (χ0) is 33.0. The summed E-state index contributed by atoms with van der Waals surface area (Å²) in [6.07, 6.45) is 9.31. The highest BCUT2D eigenvalue weighted by Gasteiger charge is 2.49. The van der Waals surface area contributed by atoms with Gasteiger partial charge in [-0.1, -0.05) is 0 Å². The van der Waals surface area contributed by atoms with Crippen LogP contribution in [0, 0.1) is 35.5 Å². The van der Waals surface area contributed by atoms with Crippen molar-refractivity contribution in [3.05, 3.63) is 0 Å². The molecule has 7 fully saturated rings. The Morgan fingerprint density at radius 1 is 0.696 bits per heavy atom. The Morgan fingerprint density at radius 2 is 1.17 bits per heavy atom. The van der Waals surface area contributed by atoms with Crippen LogP contribution in [0.25, 0.3) is 0 Å². The maximum Gasteiger partial charge on any atom is 0.325 e. The smallest absolute Gasteiger partial charge is 0.325 e. The fourth-order valence-electron chi connectivity index (χ4n) is 7.76. The first-order valence-electron chi connectivity index (χ1n) is 17.7. The SMILES string of the molecule is CCOC(=O)CN1CC2CC2CC(NC)C1=O.CNC1CC2CC2CN(C2CC2)C1=O.CNC1CC2CC2CN(CCOC)C1=O. The first-order chi connectivity index (χ1) is 22.2. The minimum absolute atomic E-state index is 0.0272. The van der Waals surface area contributed by atoms with Gasteiger partial charge in [0.1, 0.15) is 6.54 Å². The molecule has 9 unspecified atom stereocenters. The monoisotopic (exact) mass is 646 g/mol. The van der Waals surface area contributed by atoms with Gasteiger partial charge in [0.15, 0.2) is 0 Å². The van der Waals surface area contributed by atoms with Gasteiger partial charge < -0.3 is 40.1 Å². The van der Waals surface area contributed by atoms with Crippen molar-refractivity contribution in [1.82, 2.24) is 30.7 Å². The molecule has 0 aromatic carbocycles. The van der Waals surface area contributed by atoms with Gasteiger partial charge in [0, 0.05) is 39.3 Å². The minimum atomic E-state index is -0.310. The van der Waals surface area contributed by atoms with Gasteiger partial charge in [0.2, 0.25) is 17.7 Å². The third-order valence-corrected chi connectivity index (χ3v) is 11.2. The van der Waals surface area contributed by atoms with E-state index >= 15 is 0 Å². The number of nitrogens with zero attached hydrogens (tertiary/aromatic N) is 3. The summed E-state index contributed by atoms with van der Waals surface area (Å²) >= 11 is 0. The maximum atomic E-state index is 12.1. The molecular weight excluding hydrogens is 588 g/mol. The molecule has 46 heavy (non-hydrogen) atoms. The van der Waals surface area contributed by atoms with Crippen LogP contribution in [0.15, 0.2) is 0 Å². The topological polar surface area (TPSA) is 133 Å². The lowest BCUT2D eigenvalue weighted by Gasteiger charge is -2.25. The number of fused-ring (bicyclic) bond motifs is 3. The summed E-state index contributed by atoms with van der Waals surface area (Å²) in [5.74, 6) is 4.78. The molecule has 7 aliphatic rings. The van der Waals surface area contributed by atoms with Gasteiger partial charge in [-0.05, 0) is 115 Å². The van der Waals surface area contributed by atoms with E-state index in [1.807, 2.05) is 19.0 Å². The molecule has 0 bridgehead atoms. The van der Waals surface area contributed by atoms with Crippen LogP contribution in [0.5, 0.6) is 0 Å². The molecule has 9 atom stereocenters. The predicted molar refractivity (Wildman–Crippen MR) is 174 cm³/mol. The van der Waals surface area contributed by atoms with Crippen LogP contribution in [0.2, 0.25) is 0 Å². The number of amides is 3. The summed E-state index contributed by atoms with van der Waals surface area (Å²) in [4.78, 5) is 53.5. The van der Waals surface area contributed by atoms with Crippen molar-refractivity contribution >= 4 is 23.7 Å². The molecule has 4 aliphatic carbocycles. The minimum Gasteiger partial charge on any atom is -0.465 e. The van der Waals surface area contributed by atoms with E-state index in [0.29, 0.717) is 43.5 Å². The fraction of sp³-hybridized carbons (Fsp3) is 0.882. The number of esters is 1. The second-order valence-electron chi connectivity index (χ2n) is 14.5. The van der Waals surface area contributed by atoms with Crippen LogP contribution in [0.1, 0.15) is 58.3 Å². The number of likely N-dealkylation sites (N-methyl/N-ethyl adjacent to an activating group) is 3. The summed E-state index contributed by atoms with van der Waals surface area (Å²) in [7, 11) is 7.27. The van der Waals surface area contributed by atoms with Crippen molar-refractivity contribution in [2.24, 2.45) is 35.5 Å². The van der Waals surface area contributed by atoms with Gasteiger partial charge in [0.25, 0.3) is 0 Å². The zero-order valence-corrected chi connectivity index (χ0v) is 28.7. The van der Waals surface area contributed by atoms with E-state index in [-0.39, 0.29) is 42.5 Å². The number of ether oxygens (including phenoxy) is 2. The summed E-state index contributed by atoms with van der Waals surface area (Å²) < 4.78 is 9.94. The molecule has 0 aromatic heterocycles. The third kappa shape index (κ3) is 8.99.